The second-order valence-corrected chi connectivity index (χ2v) is 6.36. The number of rotatable bonds is 6. The van der Waals surface area contributed by atoms with E-state index in [2.05, 4.69) is 20.6 Å². The van der Waals surface area contributed by atoms with Crippen LogP contribution in [0.25, 0.3) is 0 Å². The van der Waals surface area contributed by atoms with Crippen LogP contribution >= 0.6 is 11.6 Å². The van der Waals surface area contributed by atoms with Gasteiger partial charge in [-0.1, -0.05) is 11.6 Å². The summed E-state index contributed by atoms with van der Waals surface area (Å²) >= 11 is 5.96. The number of anilines is 4. The number of benzene rings is 1. The van der Waals surface area contributed by atoms with Crippen LogP contribution in [-0.2, 0) is 4.74 Å². The first-order valence-electron chi connectivity index (χ1n) is 8.49. The Morgan fingerprint density at radius 3 is 2.71 bits per heavy atom. The van der Waals surface area contributed by atoms with Crippen LogP contribution in [0.4, 0.5) is 36.3 Å². The highest BCUT2D eigenvalue weighted by atomic mass is 35.5. The van der Waals surface area contributed by atoms with E-state index in [4.69, 9.17) is 21.1 Å². The number of morpholine rings is 1. The molecule has 1 aromatic carbocycles. The first kappa shape index (κ1) is 20.3. The lowest BCUT2D eigenvalue weighted by Crippen LogP contribution is -2.36. The maximum absolute atomic E-state index is 12.7. The smallest absolute Gasteiger partial charge is 0.422 e. The van der Waals surface area contributed by atoms with E-state index < -0.39 is 12.8 Å². The Bertz CT molecular complexity index is 816. The number of hydrogen-bond donors (Lipinski definition) is 2. The average molecular weight is 418 g/mol. The lowest BCUT2D eigenvalue weighted by atomic mass is 10.2. The molecule has 152 valence electrons. The molecule has 1 aliphatic heterocycles. The number of nitrogens with one attached hydrogen (secondary N) is 2. The Hall–Kier alpha value is -2.46. The van der Waals surface area contributed by atoms with Crippen LogP contribution < -0.4 is 20.3 Å². The van der Waals surface area contributed by atoms with E-state index in [1.54, 1.807) is 25.2 Å². The predicted molar refractivity (Wildman–Crippen MR) is 101 cm³/mol. The van der Waals surface area contributed by atoms with E-state index in [0.29, 0.717) is 42.8 Å². The molecule has 0 radical (unpaired) electrons. The SMILES string of the molecule is CNc1nc(Nc2ccc(N3CCOCC3)cc2OCC(F)(F)F)ncc1Cl. The van der Waals surface area contributed by atoms with Crippen molar-refractivity contribution in [2.45, 2.75) is 6.18 Å². The van der Waals surface area contributed by atoms with Crippen molar-refractivity contribution in [2.24, 2.45) is 0 Å². The number of halogens is 4. The van der Waals surface area contributed by atoms with Gasteiger partial charge >= 0.3 is 6.18 Å². The summed E-state index contributed by atoms with van der Waals surface area (Å²) in [4.78, 5) is 10.2. The predicted octanol–water partition coefficient (Wildman–Crippen LogP) is 3.69. The van der Waals surface area contributed by atoms with Gasteiger partial charge in [0.2, 0.25) is 5.95 Å². The zero-order valence-electron chi connectivity index (χ0n) is 15.0. The standard InChI is InChI=1S/C17H19ClF3N5O2/c1-22-15-12(18)9-23-16(25-15)24-13-3-2-11(26-4-6-27-7-5-26)8-14(13)28-10-17(19,20)21/h2-3,8-9H,4-7,10H2,1H3,(H2,22,23,24,25). The largest absolute Gasteiger partial charge is 0.482 e. The van der Waals surface area contributed by atoms with Gasteiger partial charge in [-0.15, -0.1) is 0 Å². The third-order valence-corrected chi connectivity index (χ3v) is 4.24. The van der Waals surface area contributed by atoms with Gasteiger partial charge in [0.15, 0.2) is 6.61 Å². The molecule has 1 aromatic heterocycles. The molecule has 7 nitrogen and oxygen atoms in total. The van der Waals surface area contributed by atoms with Crippen molar-refractivity contribution in [3.63, 3.8) is 0 Å². The van der Waals surface area contributed by atoms with Gasteiger partial charge in [-0.2, -0.15) is 18.2 Å². The maximum atomic E-state index is 12.7. The topological polar surface area (TPSA) is 71.5 Å². The molecular formula is C17H19ClF3N5O2. The molecule has 0 spiro atoms. The molecule has 3 rings (SSSR count). The van der Waals surface area contributed by atoms with E-state index in [1.165, 1.54) is 6.20 Å². The van der Waals surface area contributed by atoms with Crippen molar-refractivity contribution in [2.75, 3.05) is 55.5 Å². The van der Waals surface area contributed by atoms with Crippen molar-refractivity contribution in [3.8, 4) is 5.75 Å². The lowest BCUT2D eigenvalue weighted by molar-refractivity contribution is -0.153. The molecule has 0 saturated carbocycles. The molecule has 0 bridgehead atoms. The molecule has 0 amide bonds. The fourth-order valence-electron chi connectivity index (χ4n) is 2.63. The zero-order chi connectivity index (χ0) is 20.1. The fourth-order valence-corrected chi connectivity index (χ4v) is 2.82. The number of ether oxygens (including phenoxy) is 2. The highest BCUT2D eigenvalue weighted by Crippen LogP contribution is 2.33. The maximum Gasteiger partial charge on any atom is 0.422 e. The van der Waals surface area contributed by atoms with Gasteiger partial charge in [-0.05, 0) is 12.1 Å². The van der Waals surface area contributed by atoms with E-state index in [0.717, 1.165) is 5.69 Å². The van der Waals surface area contributed by atoms with Crippen LogP contribution in [0.5, 0.6) is 5.75 Å². The quantitative estimate of drug-likeness (QED) is 0.742. The van der Waals surface area contributed by atoms with E-state index in [9.17, 15) is 13.2 Å². The normalized spacial score (nSPS) is 14.7. The lowest BCUT2D eigenvalue weighted by Gasteiger charge is -2.29. The summed E-state index contributed by atoms with van der Waals surface area (Å²) in [5.74, 6) is 0.609. The Kier molecular flexibility index (Phi) is 6.30. The minimum atomic E-state index is -4.46. The highest BCUT2D eigenvalue weighted by molar-refractivity contribution is 6.32. The summed E-state index contributed by atoms with van der Waals surface area (Å²) in [5, 5.41) is 6.02. The van der Waals surface area contributed by atoms with Crippen LogP contribution in [0.15, 0.2) is 24.4 Å². The molecule has 2 heterocycles. The van der Waals surface area contributed by atoms with Crippen LogP contribution in [0.3, 0.4) is 0 Å². The number of alkyl halides is 3. The fraction of sp³-hybridized carbons (Fsp3) is 0.412. The van der Waals surface area contributed by atoms with Gasteiger partial charge in [0, 0.05) is 31.9 Å². The molecule has 2 N–H and O–H groups in total. The highest BCUT2D eigenvalue weighted by Gasteiger charge is 2.29. The van der Waals surface area contributed by atoms with Crippen LogP contribution in [-0.4, -0.2) is 56.1 Å². The van der Waals surface area contributed by atoms with Crippen LogP contribution in [0, 0.1) is 0 Å². The molecular weight excluding hydrogens is 399 g/mol. The Morgan fingerprint density at radius 1 is 1.29 bits per heavy atom. The Labute approximate surface area is 164 Å². The van der Waals surface area contributed by atoms with Crippen molar-refractivity contribution >= 4 is 34.7 Å². The molecule has 28 heavy (non-hydrogen) atoms. The molecule has 0 atom stereocenters. The Balaban J connectivity index is 1.87. The number of hydrogen-bond acceptors (Lipinski definition) is 7. The third-order valence-electron chi connectivity index (χ3n) is 3.96. The van der Waals surface area contributed by atoms with Crippen molar-refractivity contribution in [1.82, 2.24) is 9.97 Å². The van der Waals surface area contributed by atoms with Crippen molar-refractivity contribution < 1.29 is 22.6 Å². The monoisotopic (exact) mass is 417 g/mol. The van der Waals surface area contributed by atoms with Gasteiger partial charge < -0.3 is 25.0 Å². The second kappa shape index (κ2) is 8.70. The third kappa shape index (κ3) is 5.29. The molecule has 0 aliphatic carbocycles. The van der Waals surface area contributed by atoms with Gasteiger partial charge in [-0.25, -0.2) is 4.98 Å². The van der Waals surface area contributed by atoms with Gasteiger partial charge in [-0.3, -0.25) is 0 Å². The summed E-state index contributed by atoms with van der Waals surface area (Å²) in [6.45, 7) is 1.01. The average Bonchev–Trinajstić information content (AvgIpc) is 2.68. The summed E-state index contributed by atoms with van der Waals surface area (Å²) in [5.41, 5.74) is 1.06. The summed E-state index contributed by atoms with van der Waals surface area (Å²) < 4.78 is 48.4. The molecule has 11 heteroatoms. The molecule has 0 unspecified atom stereocenters. The van der Waals surface area contributed by atoms with Crippen molar-refractivity contribution in [1.29, 1.82) is 0 Å². The van der Waals surface area contributed by atoms with E-state index in [1.807, 2.05) is 4.90 Å². The molecule has 2 aromatic rings. The van der Waals surface area contributed by atoms with Crippen molar-refractivity contribution in [3.05, 3.63) is 29.4 Å². The first-order valence-corrected chi connectivity index (χ1v) is 8.87. The van der Waals surface area contributed by atoms with Crippen LogP contribution in [0.2, 0.25) is 5.02 Å². The summed E-state index contributed by atoms with van der Waals surface area (Å²) in [6, 6.07) is 4.99. The van der Waals surface area contributed by atoms with Crippen LogP contribution in [0.1, 0.15) is 0 Å². The minimum absolute atomic E-state index is 0.0471. The molecule has 1 aliphatic rings. The van der Waals surface area contributed by atoms with Gasteiger partial charge in [0.05, 0.1) is 25.1 Å². The Morgan fingerprint density at radius 2 is 2.04 bits per heavy atom. The molecule has 1 saturated heterocycles. The number of nitrogens with zero attached hydrogens (tertiary/aromatic N) is 3. The van der Waals surface area contributed by atoms with E-state index in [-0.39, 0.29) is 11.7 Å². The van der Waals surface area contributed by atoms with Gasteiger partial charge in [0.1, 0.15) is 16.6 Å². The van der Waals surface area contributed by atoms with E-state index >= 15 is 0 Å². The second-order valence-electron chi connectivity index (χ2n) is 5.95. The summed E-state index contributed by atoms with van der Waals surface area (Å²) in [6.07, 6.45) is -3.07. The summed E-state index contributed by atoms with van der Waals surface area (Å²) in [7, 11) is 1.65. The molecule has 1 fully saturated rings. The minimum Gasteiger partial charge on any atom is -0.482 e. The first-order chi connectivity index (χ1) is 13.4. The zero-order valence-corrected chi connectivity index (χ0v) is 15.8. The van der Waals surface area contributed by atoms with Gasteiger partial charge in [0.25, 0.3) is 0 Å². The number of aromatic nitrogens is 2.